The molecule has 0 aliphatic carbocycles. The molecule has 100 valence electrons. The van der Waals surface area contributed by atoms with Gasteiger partial charge in [0.25, 0.3) is 0 Å². The molecule has 1 aromatic rings. The fraction of sp³-hybridized carbons (Fsp3) is 0.462. The number of carboxylic acids is 1. The van der Waals surface area contributed by atoms with Crippen molar-refractivity contribution < 1.29 is 9.90 Å². The molecule has 0 amide bonds. The summed E-state index contributed by atoms with van der Waals surface area (Å²) in [4.78, 5) is 12.7. The molecule has 0 radical (unpaired) electrons. The van der Waals surface area contributed by atoms with Gasteiger partial charge in [0.15, 0.2) is 0 Å². The van der Waals surface area contributed by atoms with Crippen LogP contribution in [0.25, 0.3) is 0 Å². The summed E-state index contributed by atoms with van der Waals surface area (Å²) < 4.78 is 0. The van der Waals surface area contributed by atoms with Gasteiger partial charge in [-0.2, -0.15) is 0 Å². The third-order valence-corrected chi connectivity index (χ3v) is 3.18. The lowest BCUT2D eigenvalue weighted by Gasteiger charge is -2.25. The van der Waals surface area contributed by atoms with E-state index in [1.54, 1.807) is 18.2 Å². The number of carboxylic acid groups (broad SMARTS) is 1. The molecule has 3 nitrogen and oxygen atoms in total. The molecule has 0 heterocycles. The molecule has 1 rings (SSSR count). The number of hydrogen-bond acceptors (Lipinski definition) is 2. The van der Waals surface area contributed by atoms with Crippen molar-refractivity contribution in [1.29, 1.82) is 0 Å². The predicted octanol–water partition coefficient (Wildman–Crippen LogP) is 4.07. The summed E-state index contributed by atoms with van der Waals surface area (Å²) in [5, 5.41) is 9.97. The predicted molar refractivity (Wildman–Crippen MR) is 75.8 cm³/mol. The first kappa shape index (κ1) is 15.1. The summed E-state index contributed by atoms with van der Waals surface area (Å²) in [7, 11) is 0. The van der Waals surface area contributed by atoms with Crippen molar-refractivity contribution in [3.05, 3.63) is 28.2 Å². The van der Waals surface area contributed by atoms with Gasteiger partial charge >= 0.3 is 5.97 Å². The lowest BCUT2D eigenvalue weighted by atomic mass is 10.2. The van der Waals surface area contributed by atoms with Gasteiger partial charge in [0.2, 0.25) is 0 Å². The van der Waals surface area contributed by atoms with Gasteiger partial charge < -0.3 is 10.0 Å². The van der Waals surface area contributed by atoms with Crippen LogP contribution >= 0.6 is 23.2 Å². The molecular formula is C13H17Cl2NO2. The maximum absolute atomic E-state index is 10.7. The second-order valence-corrected chi connectivity index (χ2v) is 4.92. The minimum Gasteiger partial charge on any atom is -0.481 e. The smallest absolute Gasteiger partial charge is 0.305 e. The quantitative estimate of drug-likeness (QED) is 0.822. The zero-order valence-electron chi connectivity index (χ0n) is 10.3. The van der Waals surface area contributed by atoms with E-state index in [-0.39, 0.29) is 6.42 Å². The van der Waals surface area contributed by atoms with E-state index in [4.69, 9.17) is 28.3 Å². The van der Waals surface area contributed by atoms with Crippen LogP contribution in [0, 0.1) is 0 Å². The molecule has 0 atom stereocenters. The summed E-state index contributed by atoms with van der Waals surface area (Å²) in [6.07, 6.45) is 2.12. The van der Waals surface area contributed by atoms with E-state index in [0.29, 0.717) is 16.6 Å². The molecule has 0 unspecified atom stereocenters. The van der Waals surface area contributed by atoms with Gasteiger partial charge in [0.05, 0.1) is 17.1 Å². The molecule has 1 N–H and O–H groups in total. The monoisotopic (exact) mass is 289 g/mol. The second kappa shape index (κ2) is 7.49. The minimum absolute atomic E-state index is 0.0898. The Hall–Kier alpha value is -0.930. The number of hydrogen-bond donors (Lipinski definition) is 1. The van der Waals surface area contributed by atoms with Gasteiger partial charge in [-0.3, -0.25) is 4.79 Å². The highest BCUT2D eigenvalue weighted by atomic mass is 35.5. The van der Waals surface area contributed by atoms with Crippen LogP contribution in [0.5, 0.6) is 0 Å². The van der Waals surface area contributed by atoms with Gasteiger partial charge in [0.1, 0.15) is 0 Å². The van der Waals surface area contributed by atoms with Gasteiger partial charge in [-0.1, -0.05) is 36.5 Å². The zero-order chi connectivity index (χ0) is 13.5. The molecule has 0 bridgehead atoms. The number of nitrogens with zero attached hydrogens (tertiary/aromatic N) is 1. The van der Waals surface area contributed by atoms with Crippen molar-refractivity contribution in [3.8, 4) is 0 Å². The molecule has 5 heteroatoms. The van der Waals surface area contributed by atoms with E-state index in [1.807, 2.05) is 4.90 Å². The molecule has 0 aromatic heterocycles. The van der Waals surface area contributed by atoms with Crippen molar-refractivity contribution in [2.45, 2.75) is 26.2 Å². The van der Waals surface area contributed by atoms with Crippen LogP contribution in [-0.2, 0) is 4.79 Å². The normalized spacial score (nSPS) is 10.4. The summed E-state index contributed by atoms with van der Waals surface area (Å²) in [6, 6.07) is 5.24. The molecule has 0 saturated carbocycles. The van der Waals surface area contributed by atoms with Crippen molar-refractivity contribution in [3.63, 3.8) is 0 Å². The van der Waals surface area contributed by atoms with E-state index in [1.165, 1.54) is 0 Å². The van der Waals surface area contributed by atoms with Gasteiger partial charge in [-0.15, -0.1) is 0 Å². The number of unbranched alkanes of at least 4 members (excludes halogenated alkanes) is 1. The molecule has 0 saturated heterocycles. The Labute approximate surface area is 117 Å². The average Bonchev–Trinajstić information content (AvgIpc) is 2.32. The maximum Gasteiger partial charge on any atom is 0.305 e. The Bertz CT molecular complexity index is 410. The lowest BCUT2D eigenvalue weighted by molar-refractivity contribution is -0.136. The number of anilines is 1. The lowest BCUT2D eigenvalue weighted by Crippen LogP contribution is -2.27. The zero-order valence-corrected chi connectivity index (χ0v) is 11.8. The Balaban J connectivity index is 2.85. The van der Waals surface area contributed by atoms with Crippen LogP contribution < -0.4 is 4.90 Å². The number of carbonyl (C=O) groups is 1. The van der Waals surface area contributed by atoms with Crippen LogP contribution in [-0.4, -0.2) is 24.2 Å². The minimum atomic E-state index is -0.811. The van der Waals surface area contributed by atoms with Gasteiger partial charge in [0, 0.05) is 18.1 Å². The van der Waals surface area contributed by atoms with Crippen LogP contribution in [0.1, 0.15) is 26.2 Å². The molecule has 0 spiro atoms. The summed E-state index contributed by atoms with van der Waals surface area (Å²) >= 11 is 12.1. The SMILES string of the molecule is CCCCN(CCC(=O)O)c1cc(Cl)ccc1Cl. The Morgan fingerprint density at radius 2 is 2.06 bits per heavy atom. The number of aliphatic carboxylic acids is 1. The number of rotatable bonds is 7. The molecule has 0 fully saturated rings. The third-order valence-electron chi connectivity index (χ3n) is 2.63. The summed E-state index contributed by atoms with van der Waals surface area (Å²) in [6.45, 7) is 3.31. The largest absolute Gasteiger partial charge is 0.481 e. The molecule has 1 aromatic carbocycles. The molecule has 18 heavy (non-hydrogen) atoms. The molecule has 0 aliphatic heterocycles. The summed E-state index contributed by atoms with van der Waals surface area (Å²) in [5.41, 5.74) is 0.805. The fourth-order valence-corrected chi connectivity index (χ4v) is 2.06. The Morgan fingerprint density at radius 1 is 1.33 bits per heavy atom. The highest BCUT2D eigenvalue weighted by Crippen LogP contribution is 2.29. The van der Waals surface area contributed by atoms with Crippen LogP contribution in [0.15, 0.2) is 18.2 Å². The number of benzene rings is 1. The third kappa shape index (κ3) is 4.75. The first-order chi connectivity index (χ1) is 8.54. The van der Waals surface area contributed by atoms with Crippen molar-refractivity contribution in [1.82, 2.24) is 0 Å². The summed E-state index contributed by atoms with van der Waals surface area (Å²) in [5.74, 6) is -0.811. The van der Waals surface area contributed by atoms with Gasteiger partial charge in [-0.25, -0.2) is 0 Å². The van der Waals surface area contributed by atoms with Crippen molar-refractivity contribution in [2.75, 3.05) is 18.0 Å². The standard InChI is InChI=1S/C13H17Cl2NO2/c1-2-3-7-16(8-6-13(17)18)12-9-10(14)4-5-11(12)15/h4-5,9H,2-3,6-8H2,1H3,(H,17,18). The van der Waals surface area contributed by atoms with E-state index in [9.17, 15) is 4.79 Å². The van der Waals surface area contributed by atoms with Crippen molar-refractivity contribution >= 4 is 34.9 Å². The Morgan fingerprint density at radius 3 is 2.67 bits per heavy atom. The van der Waals surface area contributed by atoms with Gasteiger partial charge in [-0.05, 0) is 24.6 Å². The Kier molecular flexibility index (Phi) is 6.30. The van der Waals surface area contributed by atoms with E-state index >= 15 is 0 Å². The van der Waals surface area contributed by atoms with E-state index in [2.05, 4.69) is 6.92 Å². The van der Waals surface area contributed by atoms with E-state index < -0.39 is 5.97 Å². The van der Waals surface area contributed by atoms with Crippen LogP contribution in [0.4, 0.5) is 5.69 Å². The highest BCUT2D eigenvalue weighted by molar-refractivity contribution is 6.35. The average molecular weight is 290 g/mol. The number of halogens is 2. The fourth-order valence-electron chi connectivity index (χ4n) is 1.66. The van der Waals surface area contributed by atoms with E-state index in [0.717, 1.165) is 25.1 Å². The highest BCUT2D eigenvalue weighted by Gasteiger charge is 2.12. The second-order valence-electron chi connectivity index (χ2n) is 4.08. The van der Waals surface area contributed by atoms with Crippen molar-refractivity contribution in [2.24, 2.45) is 0 Å². The maximum atomic E-state index is 10.7. The topological polar surface area (TPSA) is 40.5 Å². The van der Waals surface area contributed by atoms with Crippen LogP contribution in [0.2, 0.25) is 10.0 Å². The molecule has 0 aliphatic rings. The first-order valence-corrected chi connectivity index (χ1v) is 6.72. The molecular weight excluding hydrogens is 273 g/mol. The van der Waals surface area contributed by atoms with Crippen LogP contribution in [0.3, 0.4) is 0 Å². The first-order valence-electron chi connectivity index (χ1n) is 5.96.